The van der Waals surface area contributed by atoms with E-state index in [4.69, 9.17) is 4.52 Å². The highest BCUT2D eigenvalue weighted by atomic mass is 32.2. The lowest BCUT2D eigenvalue weighted by molar-refractivity contribution is -0.124. The van der Waals surface area contributed by atoms with E-state index in [1.807, 2.05) is 39.0 Å². The van der Waals surface area contributed by atoms with Crippen LogP contribution in [-0.4, -0.2) is 29.7 Å². The zero-order valence-electron chi connectivity index (χ0n) is 17.0. The number of hydrogen-bond donors (Lipinski definition) is 2. The van der Waals surface area contributed by atoms with Crippen LogP contribution in [0.3, 0.4) is 0 Å². The first-order valence-corrected chi connectivity index (χ1v) is 11.0. The summed E-state index contributed by atoms with van der Waals surface area (Å²) in [5, 5.41) is 10.8. The van der Waals surface area contributed by atoms with Crippen molar-refractivity contribution in [1.29, 1.82) is 0 Å². The normalized spacial score (nSPS) is 20.1. The zero-order chi connectivity index (χ0) is 20.0. The van der Waals surface area contributed by atoms with Gasteiger partial charge in [0.1, 0.15) is 5.76 Å². The van der Waals surface area contributed by atoms with Crippen molar-refractivity contribution in [3.8, 4) is 0 Å². The van der Waals surface area contributed by atoms with Gasteiger partial charge in [-0.1, -0.05) is 23.4 Å². The van der Waals surface area contributed by atoms with E-state index in [0.29, 0.717) is 18.3 Å². The fourth-order valence-electron chi connectivity index (χ4n) is 3.65. The van der Waals surface area contributed by atoms with Gasteiger partial charge >= 0.3 is 0 Å². The molecule has 2 N–H and O–H groups in total. The Morgan fingerprint density at radius 2 is 2.07 bits per heavy atom. The Morgan fingerprint density at radius 3 is 2.82 bits per heavy atom. The average molecular weight is 402 g/mol. The zero-order valence-corrected chi connectivity index (χ0v) is 17.8. The molecule has 1 aromatic carbocycles. The standard InChI is InChI=1S/C22H31N3O2S/c1-22(2,3)24-21(26)12-16-9-10-23-14-17(16)11-18-13-19(27-25-18)15-28-20-7-5-4-6-8-20/h4-8,13,16-17,23H,9-12,14-15H2,1-3H3,(H,24,26)/t16-,17-/m0/s1. The summed E-state index contributed by atoms with van der Waals surface area (Å²) in [4.78, 5) is 13.6. The molecule has 1 aliphatic heterocycles. The molecule has 6 heteroatoms. The number of thioether (sulfide) groups is 1. The second kappa shape index (κ2) is 9.61. The first-order chi connectivity index (χ1) is 13.4. The van der Waals surface area contributed by atoms with Crippen LogP contribution in [0.1, 0.15) is 45.1 Å². The van der Waals surface area contributed by atoms with Crippen LogP contribution in [-0.2, 0) is 17.0 Å². The molecule has 5 nitrogen and oxygen atoms in total. The Hall–Kier alpha value is -1.79. The summed E-state index contributed by atoms with van der Waals surface area (Å²) in [6.45, 7) is 7.97. The molecule has 1 saturated heterocycles. The third-order valence-corrected chi connectivity index (χ3v) is 5.96. The molecule has 0 spiro atoms. The fraction of sp³-hybridized carbons (Fsp3) is 0.545. The summed E-state index contributed by atoms with van der Waals surface area (Å²) < 4.78 is 5.54. The number of hydrogen-bond acceptors (Lipinski definition) is 5. The number of nitrogens with one attached hydrogen (secondary N) is 2. The van der Waals surface area contributed by atoms with Gasteiger partial charge in [-0.3, -0.25) is 4.79 Å². The summed E-state index contributed by atoms with van der Waals surface area (Å²) in [7, 11) is 0. The molecule has 1 aromatic heterocycles. The number of nitrogens with zero attached hydrogens (tertiary/aromatic N) is 1. The third-order valence-electron chi connectivity index (χ3n) is 4.93. The number of rotatable bonds is 7. The Morgan fingerprint density at radius 1 is 1.29 bits per heavy atom. The molecular formula is C22H31N3O2S. The van der Waals surface area contributed by atoms with Crippen molar-refractivity contribution in [2.24, 2.45) is 11.8 Å². The predicted octanol–water partition coefficient (Wildman–Crippen LogP) is 4.04. The molecule has 2 atom stereocenters. The summed E-state index contributed by atoms with van der Waals surface area (Å²) in [5.41, 5.74) is 0.801. The third kappa shape index (κ3) is 6.67. The van der Waals surface area contributed by atoms with Crippen LogP contribution in [0.5, 0.6) is 0 Å². The lowest BCUT2D eigenvalue weighted by atomic mass is 9.81. The summed E-state index contributed by atoms with van der Waals surface area (Å²) in [5.74, 6) is 2.60. The van der Waals surface area contributed by atoms with Crippen molar-refractivity contribution < 1.29 is 9.32 Å². The Balaban J connectivity index is 1.54. The van der Waals surface area contributed by atoms with Gasteiger partial charge in [0.05, 0.1) is 11.4 Å². The van der Waals surface area contributed by atoms with E-state index in [2.05, 4.69) is 34.0 Å². The van der Waals surface area contributed by atoms with Gasteiger partial charge in [-0.15, -0.1) is 11.8 Å². The van der Waals surface area contributed by atoms with Crippen LogP contribution in [0, 0.1) is 11.8 Å². The minimum atomic E-state index is -0.184. The summed E-state index contributed by atoms with van der Waals surface area (Å²) in [6, 6.07) is 12.4. The molecule has 3 rings (SSSR count). The van der Waals surface area contributed by atoms with Crippen molar-refractivity contribution in [2.75, 3.05) is 13.1 Å². The van der Waals surface area contributed by atoms with E-state index in [9.17, 15) is 4.79 Å². The number of carbonyl (C=O) groups is 1. The molecule has 2 heterocycles. The highest BCUT2D eigenvalue weighted by Crippen LogP contribution is 2.28. The molecular weight excluding hydrogens is 370 g/mol. The number of carbonyl (C=O) groups excluding carboxylic acids is 1. The Kier molecular flexibility index (Phi) is 7.18. The average Bonchev–Trinajstić information content (AvgIpc) is 3.08. The smallest absolute Gasteiger partial charge is 0.220 e. The molecule has 2 aromatic rings. The van der Waals surface area contributed by atoms with Crippen molar-refractivity contribution in [3.05, 3.63) is 47.9 Å². The predicted molar refractivity (Wildman–Crippen MR) is 113 cm³/mol. The number of aromatic nitrogens is 1. The molecule has 0 aliphatic carbocycles. The van der Waals surface area contributed by atoms with Crippen LogP contribution in [0.2, 0.25) is 0 Å². The van der Waals surface area contributed by atoms with Crippen LogP contribution < -0.4 is 10.6 Å². The fourth-order valence-corrected chi connectivity index (χ4v) is 4.45. The van der Waals surface area contributed by atoms with Gasteiger partial charge in [0.15, 0.2) is 0 Å². The van der Waals surface area contributed by atoms with Gasteiger partial charge < -0.3 is 15.2 Å². The van der Waals surface area contributed by atoms with Gasteiger partial charge in [-0.05, 0) is 70.7 Å². The van der Waals surface area contributed by atoms with Crippen LogP contribution in [0.4, 0.5) is 0 Å². The van der Waals surface area contributed by atoms with Gasteiger partial charge in [-0.2, -0.15) is 0 Å². The maximum Gasteiger partial charge on any atom is 0.220 e. The van der Waals surface area contributed by atoms with Crippen LogP contribution >= 0.6 is 11.8 Å². The number of benzene rings is 1. The lowest BCUT2D eigenvalue weighted by Gasteiger charge is -2.32. The van der Waals surface area contributed by atoms with E-state index < -0.39 is 0 Å². The van der Waals surface area contributed by atoms with Crippen molar-refractivity contribution in [3.63, 3.8) is 0 Å². The van der Waals surface area contributed by atoms with E-state index in [1.54, 1.807) is 11.8 Å². The molecule has 1 fully saturated rings. The first-order valence-electron chi connectivity index (χ1n) is 10.0. The molecule has 1 amide bonds. The number of amides is 1. The minimum Gasteiger partial charge on any atom is -0.360 e. The summed E-state index contributed by atoms with van der Waals surface area (Å²) >= 11 is 1.75. The number of piperidine rings is 1. The van der Waals surface area contributed by atoms with E-state index in [0.717, 1.165) is 43.1 Å². The topological polar surface area (TPSA) is 67.2 Å². The Bertz CT molecular complexity index is 755. The van der Waals surface area contributed by atoms with Gasteiger partial charge in [0.2, 0.25) is 5.91 Å². The molecule has 28 heavy (non-hydrogen) atoms. The van der Waals surface area contributed by atoms with Crippen LogP contribution in [0.15, 0.2) is 45.8 Å². The molecule has 0 bridgehead atoms. The van der Waals surface area contributed by atoms with Crippen LogP contribution in [0.25, 0.3) is 0 Å². The van der Waals surface area contributed by atoms with Crippen molar-refractivity contribution >= 4 is 17.7 Å². The van der Waals surface area contributed by atoms with Crippen molar-refractivity contribution in [2.45, 2.75) is 56.2 Å². The summed E-state index contributed by atoms with van der Waals surface area (Å²) in [6.07, 6.45) is 2.45. The van der Waals surface area contributed by atoms with E-state index in [-0.39, 0.29) is 11.4 Å². The second-order valence-corrected chi connectivity index (χ2v) is 9.65. The molecule has 0 radical (unpaired) electrons. The van der Waals surface area contributed by atoms with E-state index >= 15 is 0 Å². The van der Waals surface area contributed by atoms with Gasteiger partial charge in [0.25, 0.3) is 0 Å². The van der Waals surface area contributed by atoms with Crippen molar-refractivity contribution in [1.82, 2.24) is 15.8 Å². The molecule has 1 aliphatic rings. The SMILES string of the molecule is CC(C)(C)NC(=O)C[C@@H]1CCNC[C@@H]1Cc1cc(CSc2ccccc2)on1. The molecule has 0 saturated carbocycles. The second-order valence-electron chi connectivity index (χ2n) is 8.61. The van der Waals surface area contributed by atoms with E-state index in [1.165, 1.54) is 4.90 Å². The Labute approximate surface area is 172 Å². The highest BCUT2D eigenvalue weighted by Gasteiger charge is 2.29. The van der Waals surface area contributed by atoms with Gasteiger partial charge in [0, 0.05) is 22.9 Å². The monoisotopic (exact) mass is 401 g/mol. The minimum absolute atomic E-state index is 0.143. The maximum absolute atomic E-state index is 12.4. The highest BCUT2D eigenvalue weighted by molar-refractivity contribution is 7.98. The quantitative estimate of drug-likeness (QED) is 0.686. The maximum atomic E-state index is 12.4. The largest absolute Gasteiger partial charge is 0.360 e. The molecule has 0 unspecified atom stereocenters. The van der Waals surface area contributed by atoms with Gasteiger partial charge in [-0.25, -0.2) is 0 Å². The molecule has 152 valence electrons. The lowest BCUT2D eigenvalue weighted by Crippen LogP contribution is -2.44. The first kappa shape index (κ1) is 20.9.